The van der Waals surface area contributed by atoms with Crippen molar-refractivity contribution in [2.45, 2.75) is 50.7 Å². The summed E-state index contributed by atoms with van der Waals surface area (Å²) in [6, 6.07) is 6.58. The van der Waals surface area contributed by atoms with Crippen molar-refractivity contribution in [3.05, 3.63) is 22.4 Å². The Morgan fingerprint density at radius 1 is 1.29 bits per heavy atom. The minimum Gasteiger partial charge on any atom is -0.307 e. The predicted molar refractivity (Wildman–Crippen MR) is 73.5 cm³/mol. The van der Waals surface area contributed by atoms with Gasteiger partial charge in [0.15, 0.2) is 0 Å². The maximum Gasteiger partial charge on any atom is 0.0388 e. The van der Waals surface area contributed by atoms with Gasteiger partial charge in [-0.2, -0.15) is 0 Å². The van der Waals surface area contributed by atoms with Crippen molar-refractivity contribution in [1.82, 2.24) is 10.2 Å². The third-order valence-electron chi connectivity index (χ3n) is 4.05. The van der Waals surface area contributed by atoms with Gasteiger partial charge in [-0.3, -0.25) is 0 Å². The average molecular weight is 250 g/mol. The van der Waals surface area contributed by atoms with Crippen molar-refractivity contribution in [2.75, 3.05) is 13.1 Å². The highest BCUT2D eigenvalue weighted by molar-refractivity contribution is 7.10. The lowest BCUT2D eigenvalue weighted by Crippen LogP contribution is -2.43. The van der Waals surface area contributed by atoms with Gasteiger partial charge in [-0.05, 0) is 57.1 Å². The van der Waals surface area contributed by atoms with Crippen LogP contribution in [0.25, 0.3) is 0 Å². The fourth-order valence-corrected chi connectivity index (χ4v) is 3.59. The van der Waals surface area contributed by atoms with Gasteiger partial charge in [0, 0.05) is 23.0 Å². The Kier molecular flexibility index (Phi) is 3.50. The van der Waals surface area contributed by atoms with Crippen LogP contribution in [0.5, 0.6) is 0 Å². The van der Waals surface area contributed by atoms with E-state index in [2.05, 4.69) is 34.7 Å². The zero-order chi connectivity index (χ0) is 11.7. The summed E-state index contributed by atoms with van der Waals surface area (Å²) >= 11 is 1.86. The van der Waals surface area contributed by atoms with Gasteiger partial charge in [-0.15, -0.1) is 11.3 Å². The molecule has 1 saturated heterocycles. The van der Waals surface area contributed by atoms with Gasteiger partial charge >= 0.3 is 0 Å². The first-order chi connectivity index (χ1) is 8.33. The Labute approximate surface area is 108 Å². The Bertz CT molecular complexity index is 337. The molecule has 3 rings (SSSR count). The van der Waals surface area contributed by atoms with Gasteiger partial charge in [-0.1, -0.05) is 6.07 Å². The molecule has 94 valence electrons. The van der Waals surface area contributed by atoms with E-state index in [-0.39, 0.29) is 0 Å². The molecule has 2 nitrogen and oxygen atoms in total. The minimum absolute atomic E-state index is 0.521. The molecule has 0 radical (unpaired) electrons. The highest BCUT2D eigenvalue weighted by atomic mass is 32.1. The number of hydrogen-bond acceptors (Lipinski definition) is 3. The molecule has 0 bridgehead atoms. The molecular formula is C14H22N2S. The van der Waals surface area contributed by atoms with Crippen LogP contribution in [0.1, 0.15) is 43.5 Å². The van der Waals surface area contributed by atoms with Gasteiger partial charge in [-0.25, -0.2) is 0 Å². The summed E-state index contributed by atoms with van der Waals surface area (Å²) in [4.78, 5) is 4.16. The third-order valence-corrected chi connectivity index (χ3v) is 5.10. The van der Waals surface area contributed by atoms with Crippen LogP contribution >= 0.6 is 11.3 Å². The zero-order valence-corrected chi connectivity index (χ0v) is 11.4. The molecule has 0 amide bonds. The number of rotatable bonds is 4. The minimum atomic E-state index is 0.521. The molecule has 0 aromatic carbocycles. The Morgan fingerprint density at radius 3 is 2.65 bits per heavy atom. The first-order valence-corrected chi connectivity index (χ1v) is 7.74. The second-order valence-electron chi connectivity index (χ2n) is 5.45. The molecule has 1 saturated carbocycles. The molecule has 1 aliphatic carbocycles. The standard InChI is InChI=1S/C14H22N2S/c1-11(14-3-2-10-17-14)15-12-6-8-16(9-7-12)13-4-5-13/h2-3,10-13,15H,4-9H2,1H3. The molecule has 2 heterocycles. The van der Waals surface area contributed by atoms with E-state index in [1.165, 1.54) is 43.6 Å². The normalized spacial score (nSPS) is 25.0. The monoisotopic (exact) mass is 250 g/mol. The highest BCUT2D eigenvalue weighted by Crippen LogP contribution is 2.30. The first-order valence-electron chi connectivity index (χ1n) is 6.86. The maximum atomic E-state index is 3.78. The zero-order valence-electron chi connectivity index (χ0n) is 10.6. The van der Waals surface area contributed by atoms with Gasteiger partial charge in [0.25, 0.3) is 0 Å². The fraction of sp³-hybridized carbons (Fsp3) is 0.714. The van der Waals surface area contributed by atoms with E-state index in [1.807, 2.05) is 11.3 Å². The van der Waals surface area contributed by atoms with Crippen LogP contribution in [0, 0.1) is 0 Å². The van der Waals surface area contributed by atoms with Crippen molar-refractivity contribution in [1.29, 1.82) is 0 Å². The van der Waals surface area contributed by atoms with Crippen molar-refractivity contribution in [3.63, 3.8) is 0 Å². The Balaban J connectivity index is 1.46. The van der Waals surface area contributed by atoms with Crippen molar-refractivity contribution < 1.29 is 0 Å². The Hall–Kier alpha value is -0.380. The van der Waals surface area contributed by atoms with Crippen molar-refractivity contribution >= 4 is 11.3 Å². The van der Waals surface area contributed by atoms with Crippen LogP contribution in [0.3, 0.4) is 0 Å². The summed E-state index contributed by atoms with van der Waals surface area (Å²) in [5, 5.41) is 5.95. The lowest BCUT2D eigenvalue weighted by molar-refractivity contribution is 0.184. The molecule has 1 N–H and O–H groups in total. The van der Waals surface area contributed by atoms with E-state index in [4.69, 9.17) is 0 Å². The van der Waals surface area contributed by atoms with E-state index in [0.717, 1.165) is 12.1 Å². The lowest BCUT2D eigenvalue weighted by Gasteiger charge is -2.33. The molecule has 0 spiro atoms. The van der Waals surface area contributed by atoms with E-state index < -0.39 is 0 Å². The summed E-state index contributed by atoms with van der Waals surface area (Å²) in [6.07, 6.45) is 5.55. The summed E-state index contributed by atoms with van der Waals surface area (Å²) in [7, 11) is 0. The second kappa shape index (κ2) is 5.09. The molecule has 2 fully saturated rings. The van der Waals surface area contributed by atoms with Crippen molar-refractivity contribution in [2.24, 2.45) is 0 Å². The van der Waals surface area contributed by atoms with E-state index in [0.29, 0.717) is 6.04 Å². The first kappa shape index (κ1) is 11.7. The number of nitrogens with one attached hydrogen (secondary N) is 1. The average Bonchev–Trinajstić information content (AvgIpc) is 3.05. The van der Waals surface area contributed by atoms with Crippen LogP contribution in [-0.4, -0.2) is 30.1 Å². The largest absolute Gasteiger partial charge is 0.307 e. The van der Waals surface area contributed by atoms with Crippen molar-refractivity contribution in [3.8, 4) is 0 Å². The second-order valence-corrected chi connectivity index (χ2v) is 6.42. The quantitative estimate of drug-likeness (QED) is 0.883. The number of likely N-dealkylation sites (tertiary alicyclic amines) is 1. The number of hydrogen-bond donors (Lipinski definition) is 1. The highest BCUT2D eigenvalue weighted by Gasteiger charge is 2.31. The van der Waals surface area contributed by atoms with Gasteiger partial charge < -0.3 is 10.2 Å². The summed E-state index contributed by atoms with van der Waals surface area (Å²) in [6.45, 7) is 4.90. The van der Waals surface area contributed by atoms with Crippen LogP contribution < -0.4 is 5.32 Å². The summed E-state index contributed by atoms with van der Waals surface area (Å²) in [5.41, 5.74) is 0. The lowest BCUT2D eigenvalue weighted by atomic mass is 10.0. The molecule has 1 unspecified atom stereocenters. The molecule has 3 heteroatoms. The fourth-order valence-electron chi connectivity index (χ4n) is 2.84. The number of piperidine rings is 1. The van der Waals surface area contributed by atoms with Gasteiger partial charge in [0.05, 0.1) is 0 Å². The summed E-state index contributed by atoms with van der Waals surface area (Å²) in [5.74, 6) is 0. The molecule has 2 aliphatic rings. The van der Waals surface area contributed by atoms with E-state index in [9.17, 15) is 0 Å². The molecule has 1 aliphatic heterocycles. The van der Waals surface area contributed by atoms with Crippen LogP contribution in [0.15, 0.2) is 17.5 Å². The molecule has 1 atom stereocenters. The van der Waals surface area contributed by atoms with Gasteiger partial charge in [0.2, 0.25) is 0 Å². The summed E-state index contributed by atoms with van der Waals surface area (Å²) < 4.78 is 0. The maximum absolute atomic E-state index is 3.78. The van der Waals surface area contributed by atoms with Crippen LogP contribution in [0.2, 0.25) is 0 Å². The SMILES string of the molecule is CC(NC1CCN(C2CC2)CC1)c1cccs1. The number of nitrogens with zero attached hydrogens (tertiary/aromatic N) is 1. The number of thiophene rings is 1. The topological polar surface area (TPSA) is 15.3 Å². The van der Waals surface area contributed by atoms with Crippen LogP contribution in [0.4, 0.5) is 0 Å². The molecule has 1 aromatic heterocycles. The molecule has 17 heavy (non-hydrogen) atoms. The smallest absolute Gasteiger partial charge is 0.0388 e. The van der Waals surface area contributed by atoms with Crippen LogP contribution in [-0.2, 0) is 0 Å². The third kappa shape index (κ3) is 2.90. The molecule has 1 aromatic rings. The predicted octanol–water partition coefficient (Wildman–Crippen LogP) is 3.03. The Morgan fingerprint density at radius 2 is 2.06 bits per heavy atom. The van der Waals surface area contributed by atoms with Gasteiger partial charge in [0.1, 0.15) is 0 Å². The molecular weight excluding hydrogens is 228 g/mol. The van der Waals surface area contributed by atoms with E-state index >= 15 is 0 Å². The van der Waals surface area contributed by atoms with E-state index in [1.54, 1.807) is 0 Å².